The molecule has 0 fully saturated rings. The number of esters is 1. The highest BCUT2D eigenvalue weighted by Crippen LogP contribution is 2.29. The molecule has 0 amide bonds. The van der Waals surface area contributed by atoms with Crippen molar-refractivity contribution in [1.29, 1.82) is 0 Å². The third-order valence-electron chi connectivity index (χ3n) is 3.05. The Kier molecular flexibility index (Phi) is 4.38. The Balaban J connectivity index is 2.33. The summed E-state index contributed by atoms with van der Waals surface area (Å²) in [5.41, 5.74) is 1.75. The largest absolute Gasteiger partial charge is 0.496 e. The molecule has 21 heavy (non-hydrogen) atoms. The lowest BCUT2D eigenvalue weighted by Crippen LogP contribution is -2.11. The van der Waals surface area contributed by atoms with Crippen LogP contribution in [0.4, 0.5) is 0 Å². The number of carbonyl (C=O) groups is 2. The van der Waals surface area contributed by atoms with Crippen LogP contribution in [-0.4, -0.2) is 18.9 Å². The maximum atomic E-state index is 12.1. The summed E-state index contributed by atoms with van der Waals surface area (Å²) in [5.74, 6) is -0.144. The number of methoxy groups -OCH3 is 1. The summed E-state index contributed by atoms with van der Waals surface area (Å²) < 4.78 is 10.5. The Morgan fingerprint density at radius 2 is 1.57 bits per heavy atom. The molecule has 0 aromatic heterocycles. The van der Waals surface area contributed by atoms with E-state index in [1.165, 1.54) is 14.0 Å². The van der Waals surface area contributed by atoms with Gasteiger partial charge in [0.25, 0.3) is 0 Å². The summed E-state index contributed by atoms with van der Waals surface area (Å²) >= 11 is 0. The molecule has 2 aromatic rings. The molecule has 0 saturated carbocycles. The maximum absolute atomic E-state index is 12.1. The van der Waals surface area contributed by atoms with Gasteiger partial charge in [0.1, 0.15) is 17.1 Å². The fraction of sp³-hybridized carbons (Fsp3) is 0.176. The first-order valence-corrected chi connectivity index (χ1v) is 6.49. The van der Waals surface area contributed by atoms with Gasteiger partial charge >= 0.3 is 5.97 Å². The molecule has 2 rings (SSSR count). The lowest BCUT2D eigenvalue weighted by Gasteiger charge is -2.11. The van der Waals surface area contributed by atoms with Gasteiger partial charge in [-0.1, -0.05) is 23.8 Å². The molecule has 0 aliphatic heterocycles. The van der Waals surface area contributed by atoms with Crippen LogP contribution in [0.5, 0.6) is 11.5 Å². The minimum Gasteiger partial charge on any atom is -0.496 e. The van der Waals surface area contributed by atoms with Gasteiger partial charge < -0.3 is 9.47 Å². The first-order valence-electron chi connectivity index (χ1n) is 6.49. The van der Waals surface area contributed by atoms with Crippen LogP contribution in [0, 0.1) is 6.92 Å². The van der Waals surface area contributed by atoms with Crippen molar-refractivity contribution in [2.45, 2.75) is 13.8 Å². The van der Waals surface area contributed by atoms with Crippen molar-refractivity contribution in [3.63, 3.8) is 0 Å². The van der Waals surface area contributed by atoms with Crippen molar-refractivity contribution in [2.24, 2.45) is 0 Å². The van der Waals surface area contributed by atoms with E-state index in [0.29, 0.717) is 11.3 Å². The Morgan fingerprint density at radius 1 is 0.952 bits per heavy atom. The Bertz CT molecular complexity index is 672. The molecule has 0 bridgehead atoms. The van der Waals surface area contributed by atoms with E-state index in [-0.39, 0.29) is 17.1 Å². The normalized spacial score (nSPS) is 10.0. The standard InChI is InChI=1S/C17H16O4/c1-11-7-9-13(10-8-11)17(19)21-15-6-4-5-14(20-3)16(15)12(2)18/h4-10H,1-3H3. The molecule has 0 spiro atoms. The van der Waals surface area contributed by atoms with Crippen molar-refractivity contribution in [1.82, 2.24) is 0 Å². The van der Waals surface area contributed by atoms with Gasteiger partial charge in [-0.25, -0.2) is 4.79 Å². The third kappa shape index (κ3) is 3.28. The number of hydrogen-bond donors (Lipinski definition) is 0. The van der Waals surface area contributed by atoms with Gasteiger partial charge in [-0.3, -0.25) is 4.79 Å². The van der Waals surface area contributed by atoms with Gasteiger partial charge in [0.05, 0.1) is 12.7 Å². The van der Waals surface area contributed by atoms with Crippen LogP contribution in [0.3, 0.4) is 0 Å². The Hall–Kier alpha value is -2.62. The zero-order valence-electron chi connectivity index (χ0n) is 12.2. The number of ketones is 1. The fourth-order valence-electron chi connectivity index (χ4n) is 1.96. The molecule has 4 nitrogen and oxygen atoms in total. The fourth-order valence-corrected chi connectivity index (χ4v) is 1.96. The lowest BCUT2D eigenvalue weighted by atomic mass is 10.1. The van der Waals surface area contributed by atoms with Gasteiger partial charge in [0, 0.05) is 0 Å². The third-order valence-corrected chi connectivity index (χ3v) is 3.05. The highest BCUT2D eigenvalue weighted by Gasteiger charge is 2.18. The Morgan fingerprint density at radius 3 is 2.14 bits per heavy atom. The quantitative estimate of drug-likeness (QED) is 0.490. The molecule has 4 heteroatoms. The molecule has 0 aliphatic rings. The van der Waals surface area contributed by atoms with Crippen LogP contribution >= 0.6 is 0 Å². The van der Waals surface area contributed by atoms with Gasteiger partial charge in [-0.05, 0) is 38.1 Å². The first-order chi connectivity index (χ1) is 10.0. The van der Waals surface area contributed by atoms with E-state index in [4.69, 9.17) is 9.47 Å². The summed E-state index contributed by atoms with van der Waals surface area (Å²) in [6, 6.07) is 11.9. The minimum absolute atomic E-state index is 0.201. The number of aryl methyl sites for hydroxylation is 1. The minimum atomic E-state index is -0.509. The van der Waals surface area contributed by atoms with E-state index < -0.39 is 5.97 Å². The van der Waals surface area contributed by atoms with E-state index >= 15 is 0 Å². The van der Waals surface area contributed by atoms with Crippen molar-refractivity contribution in [3.05, 3.63) is 59.2 Å². The summed E-state index contributed by atoms with van der Waals surface area (Å²) in [5, 5.41) is 0. The first kappa shape index (κ1) is 14.8. The average molecular weight is 284 g/mol. The van der Waals surface area contributed by atoms with Crippen LogP contribution < -0.4 is 9.47 Å². The lowest BCUT2D eigenvalue weighted by molar-refractivity contribution is 0.0732. The van der Waals surface area contributed by atoms with Crippen LogP contribution in [0.2, 0.25) is 0 Å². The predicted octanol–water partition coefficient (Wildman–Crippen LogP) is 3.43. The van der Waals surface area contributed by atoms with Crippen molar-refractivity contribution in [2.75, 3.05) is 7.11 Å². The predicted molar refractivity (Wildman–Crippen MR) is 79.1 cm³/mol. The summed E-state index contributed by atoms with van der Waals surface area (Å²) in [6.45, 7) is 3.34. The van der Waals surface area contributed by atoms with E-state index in [1.54, 1.807) is 30.3 Å². The van der Waals surface area contributed by atoms with Crippen LogP contribution in [0.15, 0.2) is 42.5 Å². The molecule has 0 N–H and O–H groups in total. The zero-order chi connectivity index (χ0) is 15.4. The number of Topliss-reactive ketones (excluding diaryl/α,β-unsaturated/α-hetero) is 1. The van der Waals surface area contributed by atoms with E-state index in [1.807, 2.05) is 19.1 Å². The number of ether oxygens (including phenoxy) is 2. The highest BCUT2D eigenvalue weighted by atomic mass is 16.5. The second kappa shape index (κ2) is 6.22. The summed E-state index contributed by atoms with van der Waals surface area (Å²) in [6.07, 6.45) is 0. The smallest absolute Gasteiger partial charge is 0.343 e. The monoisotopic (exact) mass is 284 g/mol. The number of rotatable bonds is 4. The van der Waals surface area contributed by atoms with Gasteiger partial charge in [-0.2, -0.15) is 0 Å². The molecule has 108 valence electrons. The molecule has 0 saturated heterocycles. The summed E-state index contributed by atoms with van der Waals surface area (Å²) in [7, 11) is 1.47. The van der Waals surface area contributed by atoms with Crippen molar-refractivity contribution >= 4 is 11.8 Å². The van der Waals surface area contributed by atoms with Crippen molar-refractivity contribution < 1.29 is 19.1 Å². The molecule has 2 aromatic carbocycles. The van der Waals surface area contributed by atoms with Gasteiger partial charge in [0.15, 0.2) is 5.78 Å². The number of benzene rings is 2. The summed E-state index contributed by atoms with van der Waals surface area (Å²) in [4.78, 5) is 23.9. The average Bonchev–Trinajstić information content (AvgIpc) is 2.47. The maximum Gasteiger partial charge on any atom is 0.343 e. The van der Waals surface area contributed by atoms with Crippen LogP contribution in [0.25, 0.3) is 0 Å². The van der Waals surface area contributed by atoms with E-state index in [9.17, 15) is 9.59 Å². The van der Waals surface area contributed by atoms with Crippen molar-refractivity contribution in [3.8, 4) is 11.5 Å². The molecule has 0 atom stereocenters. The number of hydrogen-bond acceptors (Lipinski definition) is 4. The van der Waals surface area contributed by atoms with E-state index in [2.05, 4.69) is 0 Å². The van der Waals surface area contributed by atoms with Gasteiger partial charge in [0.2, 0.25) is 0 Å². The topological polar surface area (TPSA) is 52.6 Å². The zero-order valence-corrected chi connectivity index (χ0v) is 12.2. The number of carbonyl (C=O) groups excluding carboxylic acids is 2. The molecular weight excluding hydrogens is 268 g/mol. The van der Waals surface area contributed by atoms with Gasteiger partial charge in [-0.15, -0.1) is 0 Å². The highest BCUT2D eigenvalue weighted by molar-refractivity contribution is 6.01. The van der Waals surface area contributed by atoms with Crippen LogP contribution in [0.1, 0.15) is 33.2 Å². The second-order valence-electron chi connectivity index (χ2n) is 4.65. The second-order valence-corrected chi connectivity index (χ2v) is 4.65. The molecule has 0 unspecified atom stereocenters. The van der Waals surface area contributed by atoms with Crippen LogP contribution in [-0.2, 0) is 0 Å². The molecular formula is C17H16O4. The molecule has 0 heterocycles. The Labute approximate surface area is 123 Å². The SMILES string of the molecule is COc1cccc(OC(=O)c2ccc(C)cc2)c1C(C)=O. The van der Waals surface area contributed by atoms with E-state index in [0.717, 1.165) is 5.56 Å². The molecule has 0 aliphatic carbocycles. The molecule has 0 radical (unpaired) electrons.